The molecule has 6 heteroatoms. The minimum Gasteiger partial charge on any atom is -0.481 e. The minimum atomic E-state index is -0.865. The van der Waals surface area contributed by atoms with Gasteiger partial charge in [0.25, 0.3) is 0 Å². The van der Waals surface area contributed by atoms with Crippen LogP contribution in [0.5, 0.6) is 0 Å². The van der Waals surface area contributed by atoms with Gasteiger partial charge in [-0.05, 0) is 59.5 Å². The average molecular weight is 378 g/mol. The van der Waals surface area contributed by atoms with E-state index in [9.17, 15) is 9.90 Å². The zero-order valence-electron chi connectivity index (χ0n) is 14.6. The van der Waals surface area contributed by atoms with Gasteiger partial charge in [-0.15, -0.1) is 0 Å². The molecule has 0 aliphatic rings. The van der Waals surface area contributed by atoms with E-state index in [0.717, 1.165) is 39.0 Å². The molecule has 2 heterocycles. The molecule has 0 spiro atoms. The summed E-state index contributed by atoms with van der Waals surface area (Å²) in [6, 6.07) is 13.3. The van der Waals surface area contributed by atoms with Crippen LogP contribution < -0.4 is 0 Å². The molecule has 0 radical (unpaired) electrons. The topological polar surface area (TPSA) is 68.0 Å². The number of pyridine rings is 1. The van der Waals surface area contributed by atoms with Crippen molar-refractivity contribution in [1.82, 2.24) is 14.5 Å². The number of halogens is 1. The minimum absolute atomic E-state index is 0.0526. The summed E-state index contributed by atoms with van der Waals surface area (Å²) >= 11 is 6.04. The van der Waals surface area contributed by atoms with Gasteiger partial charge in [0.05, 0.1) is 11.9 Å². The van der Waals surface area contributed by atoms with Crippen LogP contribution >= 0.6 is 11.6 Å². The maximum absolute atomic E-state index is 11.5. The van der Waals surface area contributed by atoms with E-state index in [0.29, 0.717) is 5.02 Å². The van der Waals surface area contributed by atoms with E-state index in [4.69, 9.17) is 16.6 Å². The smallest absolute Gasteiger partial charge is 0.307 e. The van der Waals surface area contributed by atoms with Gasteiger partial charge in [-0.1, -0.05) is 23.7 Å². The predicted octanol–water partition coefficient (Wildman–Crippen LogP) is 4.68. The Labute approximate surface area is 160 Å². The van der Waals surface area contributed by atoms with Gasteiger partial charge in [0.2, 0.25) is 0 Å². The molecular formula is C21H16ClN3O2. The summed E-state index contributed by atoms with van der Waals surface area (Å²) in [6.07, 6.45) is 5.18. The van der Waals surface area contributed by atoms with Gasteiger partial charge in [-0.3, -0.25) is 9.36 Å². The summed E-state index contributed by atoms with van der Waals surface area (Å²) in [4.78, 5) is 20.3. The number of aryl methyl sites for hydroxylation is 1. The normalized spacial score (nSPS) is 11.0. The molecule has 2 aromatic carbocycles. The molecule has 0 atom stereocenters. The lowest BCUT2D eigenvalue weighted by Crippen LogP contribution is -2.05. The van der Waals surface area contributed by atoms with Crippen molar-refractivity contribution >= 4 is 28.5 Å². The van der Waals surface area contributed by atoms with Crippen LogP contribution in [0, 0.1) is 6.92 Å². The van der Waals surface area contributed by atoms with Gasteiger partial charge < -0.3 is 5.11 Å². The van der Waals surface area contributed by atoms with E-state index in [1.54, 1.807) is 12.5 Å². The quantitative estimate of drug-likeness (QED) is 0.560. The molecule has 0 unspecified atom stereocenters. The fourth-order valence-corrected chi connectivity index (χ4v) is 3.43. The fraction of sp³-hybridized carbons (Fsp3) is 0.0952. The first kappa shape index (κ1) is 17.2. The first-order valence-corrected chi connectivity index (χ1v) is 8.80. The number of aliphatic carboxylic acids is 1. The molecule has 27 heavy (non-hydrogen) atoms. The van der Waals surface area contributed by atoms with E-state index < -0.39 is 5.97 Å². The summed E-state index contributed by atoms with van der Waals surface area (Å²) in [6.45, 7) is 1.92. The predicted molar refractivity (Wildman–Crippen MR) is 105 cm³/mol. The lowest BCUT2D eigenvalue weighted by molar-refractivity contribution is -0.136. The van der Waals surface area contributed by atoms with Crippen LogP contribution in [0.15, 0.2) is 61.2 Å². The molecule has 0 saturated carbocycles. The van der Waals surface area contributed by atoms with Crippen molar-refractivity contribution in [2.24, 2.45) is 0 Å². The average Bonchev–Trinajstić information content (AvgIpc) is 3.17. The zero-order chi connectivity index (χ0) is 19.0. The number of nitrogens with zero attached hydrogens (tertiary/aromatic N) is 3. The zero-order valence-corrected chi connectivity index (χ0v) is 15.3. The van der Waals surface area contributed by atoms with Crippen molar-refractivity contribution in [2.45, 2.75) is 13.3 Å². The number of imidazole rings is 1. The number of carbonyl (C=O) groups is 1. The Morgan fingerprint density at radius 1 is 1.19 bits per heavy atom. The van der Waals surface area contributed by atoms with Gasteiger partial charge in [0, 0.05) is 22.8 Å². The van der Waals surface area contributed by atoms with Crippen molar-refractivity contribution in [3.8, 4) is 16.9 Å². The number of rotatable bonds is 4. The Balaban J connectivity index is 2.00. The van der Waals surface area contributed by atoms with Gasteiger partial charge in [0.15, 0.2) is 0 Å². The van der Waals surface area contributed by atoms with Crippen molar-refractivity contribution < 1.29 is 9.90 Å². The third-order valence-corrected chi connectivity index (χ3v) is 4.79. The van der Waals surface area contributed by atoms with Crippen LogP contribution in [-0.4, -0.2) is 25.6 Å². The SMILES string of the molecule is Cc1cc2nc(-n3ccnc3)ccc2c(-c2ccc(Cl)cc2)c1CC(=O)O. The largest absolute Gasteiger partial charge is 0.481 e. The van der Waals surface area contributed by atoms with Crippen LogP contribution in [0.4, 0.5) is 0 Å². The van der Waals surface area contributed by atoms with E-state index in [2.05, 4.69) is 4.98 Å². The molecule has 4 rings (SSSR count). The molecule has 0 bridgehead atoms. The maximum atomic E-state index is 11.5. The van der Waals surface area contributed by atoms with Crippen LogP contribution in [0.25, 0.3) is 27.8 Å². The highest BCUT2D eigenvalue weighted by atomic mass is 35.5. The molecule has 0 amide bonds. The van der Waals surface area contributed by atoms with Crippen molar-refractivity contribution in [1.29, 1.82) is 0 Å². The Morgan fingerprint density at radius 2 is 1.96 bits per heavy atom. The molecule has 0 aliphatic heterocycles. The monoisotopic (exact) mass is 377 g/mol. The number of aromatic nitrogens is 3. The second kappa shape index (κ2) is 6.85. The first-order chi connectivity index (χ1) is 13.0. The standard InChI is InChI=1S/C21H16ClN3O2/c1-13-10-18-16(6-7-19(24-18)25-9-8-23-12-25)21(17(13)11-20(26)27)14-2-4-15(22)5-3-14/h2-10,12H,11H2,1H3,(H,26,27). The molecule has 4 aromatic rings. The Hall–Kier alpha value is -3.18. The van der Waals surface area contributed by atoms with Crippen molar-refractivity contribution in [3.05, 3.63) is 77.3 Å². The summed E-state index contributed by atoms with van der Waals surface area (Å²) in [5, 5.41) is 10.9. The van der Waals surface area contributed by atoms with E-state index in [-0.39, 0.29) is 6.42 Å². The Kier molecular flexibility index (Phi) is 4.38. The molecule has 1 N–H and O–H groups in total. The maximum Gasteiger partial charge on any atom is 0.307 e. The number of carboxylic acid groups (broad SMARTS) is 1. The second-order valence-electron chi connectivity index (χ2n) is 6.33. The fourth-order valence-electron chi connectivity index (χ4n) is 3.30. The van der Waals surface area contributed by atoms with Gasteiger partial charge in [-0.2, -0.15) is 0 Å². The highest BCUT2D eigenvalue weighted by Crippen LogP contribution is 2.35. The van der Waals surface area contributed by atoms with Crippen LogP contribution in [0.3, 0.4) is 0 Å². The van der Waals surface area contributed by atoms with E-state index in [1.807, 2.05) is 60.2 Å². The van der Waals surface area contributed by atoms with Crippen molar-refractivity contribution in [3.63, 3.8) is 0 Å². The van der Waals surface area contributed by atoms with Crippen LogP contribution in [0.2, 0.25) is 5.02 Å². The summed E-state index contributed by atoms with van der Waals surface area (Å²) in [5.41, 5.74) is 4.28. The summed E-state index contributed by atoms with van der Waals surface area (Å²) in [7, 11) is 0. The third kappa shape index (κ3) is 3.29. The highest BCUT2D eigenvalue weighted by Gasteiger charge is 2.17. The molecule has 0 saturated heterocycles. The van der Waals surface area contributed by atoms with Crippen LogP contribution in [0.1, 0.15) is 11.1 Å². The first-order valence-electron chi connectivity index (χ1n) is 8.42. The second-order valence-corrected chi connectivity index (χ2v) is 6.77. The number of hydrogen-bond acceptors (Lipinski definition) is 3. The molecule has 0 fully saturated rings. The number of benzene rings is 2. The molecule has 0 aliphatic carbocycles. The number of hydrogen-bond donors (Lipinski definition) is 1. The lowest BCUT2D eigenvalue weighted by Gasteiger charge is -2.16. The Bertz CT molecular complexity index is 1140. The van der Waals surface area contributed by atoms with Gasteiger partial charge in [-0.25, -0.2) is 9.97 Å². The van der Waals surface area contributed by atoms with Crippen molar-refractivity contribution in [2.75, 3.05) is 0 Å². The number of fused-ring (bicyclic) bond motifs is 1. The Morgan fingerprint density at radius 3 is 2.63 bits per heavy atom. The van der Waals surface area contributed by atoms with Gasteiger partial charge >= 0.3 is 5.97 Å². The lowest BCUT2D eigenvalue weighted by atomic mass is 9.90. The van der Waals surface area contributed by atoms with E-state index >= 15 is 0 Å². The third-order valence-electron chi connectivity index (χ3n) is 4.54. The molecular weight excluding hydrogens is 362 g/mol. The summed E-state index contributed by atoms with van der Waals surface area (Å²) in [5.74, 6) is -0.108. The summed E-state index contributed by atoms with van der Waals surface area (Å²) < 4.78 is 1.84. The number of carboxylic acids is 1. The molecule has 134 valence electrons. The van der Waals surface area contributed by atoms with Crippen LogP contribution in [-0.2, 0) is 11.2 Å². The molecule has 5 nitrogen and oxygen atoms in total. The highest BCUT2D eigenvalue weighted by molar-refractivity contribution is 6.30. The van der Waals surface area contributed by atoms with E-state index in [1.165, 1.54) is 0 Å². The van der Waals surface area contributed by atoms with Gasteiger partial charge in [0.1, 0.15) is 12.1 Å². The molecule has 2 aromatic heterocycles.